The van der Waals surface area contributed by atoms with E-state index in [0.29, 0.717) is 44.5 Å². The van der Waals surface area contributed by atoms with Crippen molar-refractivity contribution in [1.29, 1.82) is 0 Å². The number of rotatable bonds is 5. The molecule has 2 fully saturated rings. The van der Waals surface area contributed by atoms with E-state index in [1.54, 1.807) is 18.5 Å². The van der Waals surface area contributed by atoms with E-state index in [1.807, 2.05) is 17.0 Å². The molecule has 2 saturated heterocycles. The third-order valence-electron chi connectivity index (χ3n) is 6.75. The Hall–Kier alpha value is -3.21. The van der Waals surface area contributed by atoms with E-state index >= 15 is 4.39 Å². The molecule has 182 valence electrons. The van der Waals surface area contributed by atoms with Crippen molar-refractivity contribution in [3.63, 3.8) is 0 Å². The van der Waals surface area contributed by atoms with Crippen molar-refractivity contribution in [2.75, 3.05) is 69.0 Å². The lowest BCUT2D eigenvalue weighted by atomic mass is 10.1. The van der Waals surface area contributed by atoms with Gasteiger partial charge in [0.2, 0.25) is 5.95 Å². The number of anilines is 3. The molecule has 9 nitrogen and oxygen atoms in total. The Bertz CT molecular complexity index is 1180. The average molecular weight is 478 g/mol. The summed E-state index contributed by atoms with van der Waals surface area (Å²) in [6.07, 6.45) is 5.77. The normalized spacial score (nSPS) is 18.7. The van der Waals surface area contributed by atoms with Crippen LogP contribution in [0.2, 0.25) is 0 Å². The highest BCUT2D eigenvalue weighted by Gasteiger charge is 2.30. The number of hydrogen-bond acceptors (Lipinski definition) is 9. The van der Waals surface area contributed by atoms with Crippen LogP contribution in [0.25, 0.3) is 11.3 Å². The first-order valence-electron chi connectivity index (χ1n) is 12.1. The maximum absolute atomic E-state index is 15.2. The summed E-state index contributed by atoms with van der Waals surface area (Å²) < 4.78 is 26.2. The van der Waals surface area contributed by atoms with Gasteiger partial charge in [-0.1, -0.05) is 6.07 Å². The number of fused-ring (bicyclic) bond motifs is 1. The van der Waals surface area contributed by atoms with Gasteiger partial charge in [-0.2, -0.15) is 4.98 Å². The van der Waals surface area contributed by atoms with E-state index in [2.05, 4.69) is 19.8 Å². The number of nitrogens with zero attached hydrogens (tertiary/aromatic N) is 7. The van der Waals surface area contributed by atoms with Crippen LogP contribution in [0, 0.1) is 5.82 Å². The average Bonchev–Trinajstić information content (AvgIpc) is 3.35. The Balaban J connectivity index is 1.39. The first-order valence-corrected chi connectivity index (χ1v) is 12.1. The monoisotopic (exact) mass is 477 g/mol. The number of benzene rings is 1. The van der Waals surface area contributed by atoms with Crippen molar-refractivity contribution in [3.05, 3.63) is 53.9 Å². The summed E-state index contributed by atoms with van der Waals surface area (Å²) in [5, 5.41) is 0. The van der Waals surface area contributed by atoms with Crippen molar-refractivity contribution in [1.82, 2.24) is 24.8 Å². The molecular formula is C25H28FN7O2. The molecule has 0 radical (unpaired) electrons. The van der Waals surface area contributed by atoms with E-state index in [-0.39, 0.29) is 5.82 Å². The number of aromatic nitrogens is 4. The molecular weight excluding hydrogens is 449 g/mol. The molecule has 0 saturated carbocycles. The molecule has 35 heavy (non-hydrogen) atoms. The highest BCUT2D eigenvalue weighted by molar-refractivity contribution is 5.77. The van der Waals surface area contributed by atoms with Crippen LogP contribution in [0.3, 0.4) is 0 Å². The first kappa shape index (κ1) is 22.3. The van der Waals surface area contributed by atoms with Crippen LogP contribution in [-0.2, 0) is 22.4 Å². The summed E-state index contributed by atoms with van der Waals surface area (Å²) in [6.45, 7) is 7.34. The molecule has 5 heterocycles. The van der Waals surface area contributed by atoms with Crippen LogP contribution in [0.15, 0.2) is 36.9 Å². The topological polar surface area (TPSA) is 79.7 Å². The Morgan fingerprint density at radius 3 is 2.40 bits per heavy atom. The van der Waals surface area contributed by atoms with Gasteiger partial charge in [0.25, 0.3) is 0 Å². The lowest BCUT2D eigenvalue weighted by molar-refractivity contribution is 0.0342. The second-order valence-electron chi connectivity index (χ2n) is 8.98. The second-order valence-corrected chi connectivity index (χ2v) is 8.98. The molecule has 0 bridgehead atoms. The zero-order valence-corrected chi connectivity index (χ0v) is 19.6. The lowest BCUT2D eigenvalue weighted by Crippen LogP contribution is -2.37. The molecule has 0 unspecified atom stereocenters. The Morgan fingerprint density at radius 2 is 1.63 bits per heavy atom. The van der Waals surface area contributed by atoms with Gasteiger partial charge in [0.1, 0.15) is 18.0 Å². The van der Waals surface area contributed by atoms with E-state index in [9.17, 15) is 0 Å². The fourth-order valence-electron chi connectivity index (χ4n) is 4.92. The highest BCUT2D eigenvalue weighted by Crippen LogP contribution is 2.40. The van der Waals surface area contributed by atoms with Crippen LogP contribution in [0.4, 0.5) is 21.8 Å². The fourth-order valence-corrected chi connectivity index (χ4v) is 4.92. The van der Waals surface area contributed by atoms with Gasteiger partial charge in [-0.25, -0.2) is 19.3 Å². The predicted octanol–water partition coefficient (Wildman–Crippen LogP) is 2.44. The standard InChI is InChI=1S/C25H28FN7O2/c26-21-2-1-18(16-31-5-9-34-10-6-31)13-22(21)33-4-3-20-23(19-14-27-17-28-15-19)29-25(30-24(20)33)32-7-11-35-12-8-32/h1-2,13-15,17H,3-12,16H2. The molecule has 6 rings (SSSR count). The molecule has 3 aliphatic heterocycles. The quantitative estimate of drug-likeness (QED) is 0.550. The molecule has 1 aromatic carbocycles. The minimum Gasteiger partial charge on any atom is -0.379 e. The van der Waals surface area contributed by atoms with Crippen LogP contribution in [0.5, 0.6) is 0 Å². The van der Waals surface area contributed by atoms with Gasteiger partial charge >= 0.3 is 0 Å². The van der Waals surface area contributed by atoms with Gasteiger partial charge in [0.15, 0.2) is 0 Å². The molecule has 0 aliphatic carbocycles. The van der Waals surface area contributed by atoms with E-state index in [0.717, 1.165) is 67.5 Å². The fraction of sp³-hybridized carbons (Fsp3) is 0.440. The summed E-state index contributed by atoms with van der Waals surface area (Å²) in [5.41, 5.74) is 4.27. The minimum atomic E-state index is -0.250. The Morgan fingerprint density at radius 1 is 0.886 bits per heavy atom. The zero-order valence-electron chi connectivity index (χ0n) is 19.6. The van der Waals surface area contributed by atoms with Crippen molar-refractivity contribution >= 4 is 17.5 Å². The van der Waals surface area contributed by atoms with Gasteiger partial charge in [0, 0.05) is 62.8 Å². The van der Waals surface area contributed by atoms with Crippen LogP contribution in [0.1, 0.15) is 11.1 Å². The third-order valence-corrected chi connectivity index (χ3v) is 6.75. The number of halogens is 1. The van der Waals surface area contributed by atoms with Crippen LogP contribution >= 0.6 is 0 Å². The number of hydrogen-bond donors (Lipinski definition) is 0. The van der Waals surface area contributed by atoms with E-state index < -0.39 is 0 Å². The summed E-state index contributed by atoms with van der Waals surface area (Å²) in [4.78, 5) is 24.7. The SMILES string of the molecule is Fc1ccc(CN2CCOCC2)cc1N1CCc2c(-c3cncnc3)nc(N3CCOCC3)nc21. The molecule has 0 N–H and O–H groups in total. The van der Waals surface area contributed by atoms with Gasteiger partial charge in [-0.3, -0.25) is 4.90 Å². The molecule has 0 amide bonds. The van der Waals surface area contributed by atoms with Gasteiger partial charge in [-0.15, -0.1) is 0 Å². The van der Waals surface area contributed by atoms with Gasteiger partial charge in [-0.05, 0) is 24.1 Å². The van der Waals surface area contributed by atoms with Crippen molar-refractivity contribution in [2.24, 2.45) is 0 Å². The van der Waals surface area contributed by atoms with Crippen molar-refractivity contribution in [2.45, 2.75) is 13.0 Å². The van der Waals surface area contributed by atoms with Gasteiger partial charge < -0.3 is 19.3 Å². The van der Waals surface area contributed by atoms with Crippen molar-refractivity contribution in [3.8, 4) is 11.3 Å². The first-order chi connectivity index (χ1) is 17.3. The summed E-state index contributed by atoms with van der Waals surface area (Å²) >= 11 is 0. The molecule has 3 aliphatic rings. The number of morpholine rings is 2. The van der Waals surface area contributed by atoms with Crippen LogP contribution < -0.4 is 9.80 Å². The van der Waals surface area contributed by atoms with Crippen LogP contribution in [-0.4, -0.2) is 84.0 Å². The Kier molecular flexibility index (Phi) is 6.24. The minimum absolute atomic E-state index is 0.250. The van der Waals surface area contributed by atoms with E-state index in [1.165, 1.54) is 6.33 Å². The summed E-state index contributed by atoms with van der Waals surface area (Å²) in [6, 6.07) is 5.40. The highest BCUT2D eigenvalue weighted by atomic mass is 19.1. The van der Waals surface area contributed by atoms with E-state index in [4.69, 9.17) is 19.4 Å². The Labute approximate surface area is 203 Å². The lowest BCUT2D eigenvalue weighted by Gasteiger charge is -2.29. The van der Waals surface area contributed by atoms with Gasteiger partial charge in [0.05, 0.1) is 37.8 Å². The van der Waals surface area contributed by atoms with Crippen molar-refractivity contribution < 1.29 is 13.9 Å². The molecule has 10 heteroatoms. The second kappa shape index (κ2) is 9.80. The smallest absolute Gasteiger partial charge is 0.228 e. The zero-order chi connectivity index (χ0) is 23.6. The molecule has 0 spiro atoms. The predicted molar refractivity (Wildman–Crippen MR) is 129 cm³/mol. The summed E-state index contributed by atoms with van der Waals surface area (Å²) in [5.74, 6) is 1.13. The largest absolute Gasteiger partial charge is 0.379 e. The molecule has 0 atom stereocenters. The molecule has 3 aromatic rings. The maximum atomic E-state index is 15.2. The number of ether oxygens (including phenoxy) is 2. The third kappa shape index (κ3) is 4.56. The maximum Gasteiger partial charge on any atom is 0.228 e. The summed E-state index contributed by atoms with van der Waals surface area (Å²) in [7, 11) is 0. The molecule has 2 aromatic heterocycles.